The van der Waals surface area contributed by atoms with Gasteiger partial charge in [-0.3, -0.25) is 4.79 Å². The van der Waals surface area contributed by atoms with Crippen molar-refractivity contribution in [3.05, 3.63) is 58.3 Å². The number of nitrogens with zero attached hydrogens (tertiary/aromatic N) is 2. The predicted molar refractivity (Wildman–Crippen MR) is 155 cm³/mol. The molecule has 5 N–H and O–H groups in total. The van der Waals surface area contributed by atoms with Crippen LogP contribution in [0.2, 0.25) is 5.02 Å². The van der Waals surface area contributed by atoms with E-state index in [1.807, 2.05) is 39.8 Å². The monoisotopic (exact) mass is 608 g/mol. The van der Waals surface area contributed by atoms with Gasteiger partial charge in [-0.25, -0.2) is 4.98 Å². The summed E-state index contributed by atoms with van der Waals surface area (Å²) in [5, 5.41) is 9.38. The summed E-state index contributed by atoms with van der Waals surface area (Å²) in [4.78, 5) is 19.3. The highest BCUT2D eigenvalue weighted by Crippen LogP contribution is 2.45. The molecular weight excluding hydrogens is 573 g/mol. The fraction of sp³-hybridized carbons (Fsp3) is 0.500. The van der Waals surface area contributed by atoms with Crippen LogP contribution in [-0.2, 0) is 9.53 Å². The van der Waals surface area contributed by atoms with E-state index < -0.39 is 35.5 Å². The van der Waals surface area contributed by atoms with Gasteiger partial charge < -0.3 is 26.0 Å². The zero-order chi connectivity index (χ0) is 31.0. The van der Waals surface area contributed by atoms with Crippen molar-refractivity contribution in [3.63, 3.8) is 0 Å². The zero-order valence-electron chi connectivity index (χ0n) is 24.0. The van der Waals surface area contributed by atoms with Crippen molar-refractivity contribution in [2.75, 3.05) is 5.73 Å². The summed E-state index contributed by atoms with van der Waals surface area (Å²) in [5.41, 5.74) is 12.2. The summed E-state index contributed by atoms with van der Waals surface area (Å²) < 4.78 is 55.7. The third-order valence-electron chi connectivity index (χ3n) is 7.33. The predicted octanol–water partition coefficient (Wildman–Crippen LogP) is 6.74. The first-order chi connectivity index (χ1) is 19.4. The van der Waals surface area contributed by atoms with Crippen LogP contribution in [0.5, 0.6) is 5.88 Å². The summed E-state index contributed by atoms with van der Waals surface area (Å²) in [6.07, 6.45) is -1.05. The number of aromatic nitrogens is 2. The molecule has 1 aliphatic carbocycles. The fourth-order valence-electron chi connectivity index (χ4n) is 5.81. The van der Waals surface area contributed by atoms with Crippen LogP contribution in [0.25, 0.3) is 11.1 Å². The molecular formula is C30H36ClF3N4O4. The number of hydrogen-bond donors (Lipinski definition) is 3. The number of benzene rings is 1. The number of alkyl halides is 3. The number of carbonyl (C=O) groups is 1. The minimum absolute atomic E-state index is 0.0714. The van der Waals surface area contributed by atoms with Gasteiger partial charge in [0, 0.05) is 23.1 Å². The van der Waals surface area contributed by atoms with Crippen molar-refractivity contribution in [1.82, 2.24) is 9.97 Å². The van der Waals surface area contributed by atoms with Gasteiger partial charge in [-0.2, -0.15) is 18.2 Å². The number of ether oxygens (including phenoxy) is 2. The van der Waals surface area contributed by atoms with Crippen molar-refractivity contribution in [1.29, 1.82) is 0 Å². The van der Waals surface area contributed by atoms with Crippen molar-refractivity contribution in [2.24, 2.45) is 11.7 Å². The zero-order valence-corrected chi connectivity index (χ0v) is 24.7. The number of nitrogen functional groups attached to an aromatic ring is 1. The molecule has 0 fully saturated rings. The smallest absolute Gasteiger partial charge is 0.429 e. The van der Waals surface area contributed by atoms with Gasteiger partial charge in [-0.1, -0.05) is 23.7 Å². The Labute approximate surface area is 247 Å². The molecule has 1 aromatic heterocycles. The lowest BCUT2D eigenvalue weighted by Crippen LogP contribution is -2.40. The molecule has 42 heavy (non-hydrogen) atoms. The number of anilines is 1. The molecule has 0 saturated heterocycles. The molecule has 4 rings (SSSR count). The lowest BCUT2D eigenvalue weighted by atomic mass is 9.83. The first-order valence-electron chi connectivity index (χ1n) is 13.7. The quantitative estimate of drug-likeness (QED) is 0.300. The molecule has 228 valence electrons. The van der Waals surface area contributed by atoms with E-state index >= 15 is 0 Å². The van der Waals surface area contributed by atoms with Crippen LogP contribution < -0.4 is 16.2 Å². The maximum absolute atomic E-state index is 14.7. The van der Waals surface area contributed by atoms with Crippen LogP contribution in [0.1, 0.15) is 82.7 Å². The fourth-order valence-corrected chi connectivity index (χ4v) is 5.98. The number of allylic oxidation sites excluding steroid dienone is 2. The largest absolute Gasteiger partial charge is 0.480 e. The molecule has 1 aromatic carbocycles. The molecule has 0 amide bonds. The summed E-state index contributed by atoms with van der Waals surface area (Å²) >= 11 is 6.28. The summed E-state index contributed by atoms with van der Waals surface area (Å²) in [7, 11) is 0. The van der Waals surface area contributed by atoms with E-state index in [1.54, 1.807) is 0 Å². The number of rotatable bonds is 8. The van der Waals surface area contributed by atoms with Crippen LogP contribution in [0.4, 0.5) is 19.1 Å². The first-order valence-corrected chi connectivity index (χ1v) is 14.1. The van der Waals surface area contributed by atoms with Gasteiger partial charge in [0.1, 0.15) is 6.04 Å². The van der Waals surface area contributed by atoms with E-state index in [9.17, 15) is 18.0 Å². The lowest BCUT2D eigenvalue weighted by Gasteiger charge is -2.40. The van der Waals surface area contributed by atoms with E-state index in [2.05, 4.69) is 9.97 Å². The van der Waals surface area contributed by atoms with Crippen molar-refractivity contribution in [3.8, 4) is 5.88 Å². The SMILES string of the molecule is CC1(C)C=C(c2cc(Cl)ccc2C(Oc2cc(C3=CCC(CC(N)C(=O)O)CC3)nc(N)n2)C(F)(F)F)CC(C)(C)O1. The third kappa shape index (κ3) is 7.81. The van der Waals surface area contributed by atoms with Crippen LogP contribution in [-0.4, -0.2) is 44.5 Å². The number of nitrogens with two attached hydrogens (primary N) is 2. The van der Waals surface area contributed by atoms with E-state index in [4.69, 9.17) is 37.6 Å². The van der Waals surface area contributed by atoms with Gasteiger partial charge in [0.05, 0.1) is 16.9 Å². The highest BCUT2D eigenvalue weighted by atomic mass is 35.5. The van der Waals surface area contributed by atoms with E-state index in [0.29, 0.717) is 48.9 Å². The van der Waals surface area contributed by atoms with Crippen LogP contribution in [0.15, 0.2) is 36.4 Å². The second kappa shape index (κ2) is 11.9. The highest BCUT2D eigenvalue weighted by Gasteiger charge is 2.46. The van der Waals surface area contributed by atoms with Crippen molar-refractivity contribution < 1.29 is 32.5 Å². The van der Waals surface area contributed by atoms with E-state index in [-0.39, 0.29) is 28.3 Å². The van der Waals surface area contributed by atoms with Crippen LogP contribution in [0, 0.1) is 5.92 Å². The topological polar surface area (TPSA) is 134 Å². The molecule has 3 unspecified atom stereocenters. The van der Waals surface area contributed by atoms with E-state index in [1.165, 1.54) is 24.3 Å². The first kappa shape index (κ1) is 31.8. The van der Waals surface area contributed by atoms with Gasteiger partial charge in [0.25, 0.3) is 0 Å². The second-order valence-electron chi connectivity index (χ2n) is 12.1. The molecule has 2 aromatic rings. The minimum atomic E-state index is -4.81. The maximum atomic E-state index is 14.7. The molecule has 2 aliphatic rings. The molecule has 8 nitrogen and oxygen atoms in total. The second-order valence-corrected chi connectivity index (χ2v) is 12.5. The van der Waals surface area contributed by atoms with Crippen LogP contribution >= 0.6 is 11.6 Å². The van der Waals surface area contributed by atoms with Gasteiger partial charge in [0.2, 0.25) is 17.9 Å². The van der Waals surface area contributed by atoms with Gasteiger partial charge in [-0.15, -0.1) is 0 Å². The molecule has 3 atom stereocenters. The molecule has 12 heteroatoms. The Morgan fingerprint density at radius 3 is 2.52 bits per heavy atom. The van der Waals surface area contributed by atoms with Gasteiger partial charge in [-0.05, 0) is 94.2 Å². The normalized spacial score (nSPS) is 21.6. The minimum Gasteiger partial charge on any atom is -0.480 e. The summed E-state index contributed by atoms with van der Waals surface area (Å²) in [5.74, 6) is -1.54. The Hall–Kier alpha value is -3.15. The maximum Gasteiger partial charge on any atom is 0.429 e. The Kier molecular flexibility index (Phi) is 8.97. The van der Waals surface area contributed by atoms with Crippen LogP contribution in [0.3, 0.4) is 0 Å². The van der Waals surface area contributed by atoms with E-state index in [0.717, 1.165) is 5.57 Å². The Bertz CT molecular complexity index is 1410. The average Bonchev–Trinajstić information content (AvgIpc) is 2.85. The molecule has 0 spiro atoms. The Morgan fingerprint density at radius 2 is 1.93 bits per heavy atom. The number of carboxylic acid groups (broad SMARTS) is 1. The average molecular weight is 609 g/mol. The molecule has 0 radical (unpaired) electrons. The third-order valence-corrected chi connectivity index (χ3v) is 7.57. The Morgan fingerprint density at radius 1 is 1.21 bits per heavy atom. The highest BCUT2D eigenvalue weighted by molar-refractivity contribution is 6.30. The molecule has 2 heterocycles. The molecule has 1 aliphatic heterocycles. The van der Waals surface area contributed by atoms with Crippen molar-refractivity contribution in [2.45, 2.75) is 89.3 Å². The van der Waals surface area contributed by atoms with Gasteiger partial charge >= 0.3 is 12.1 Å². The number of carboxylic acids is 1. The Balaban J connectivity index is 1.67. The molecule has 0 saturated carbocycles. The number of hydrogen-bond acceptors (Lipinski definition) is 7. The van der Waals surface area contributed by atoms with Crippen molar-refractivity contribution >= 4 is 34.7 Å². The summed E-state index contributed by atoms with van der Waals surface area (Å²) in [6, 6.07) is 4.63. The number of halogens is 4. The standard InChI is InChI=1S/C30H36ClF3N4O4/c1-28(2)14-18(15-29(3,4)42-28)21-12-19(31)9-10-20(21)25(30(32,33)34)41-24-13-23(37-27(36)38-24)17-7-5-16(6-8-17)11-22(35)26(39)40/h7,9-10,12-14,16,22,25H,5-6,8,11,15,35H2,1-4H3,(H,39,40)(H2,36,37,38). The number of aliphatic carboxylic acids is 1. The lowest BCUT2D eigenvalue weighted by molar-refractivity contribution is -0.198. The molecule has 0 bridgehead atoms. The summed E-state index contributed by atoms with van der Waals surface area (Å²) in [6.45, 7) is 7.47. The van der Waals surface area contributed by atoms with Gasteiger partial charge in [0.15, 0.2) is 0 Å².